The highest BCUT2D eigenvalue weighted by Crippen LogP contribution is 2.37. The van der Waals surface area contributed by atoms with E-state index in [-0.39, 0.29) is 17.6 Å². The molecule has 0 saturated heterocycles. The number of anilines is 2. The van der Waals surface area contributed by atoms with Gasteiger partial charge in [0.2, 0.25) is 0 Å². The maximum atomic E-state index is 10.1. The molecule has 0 spiro atoms. The number of aromatic nitrogens is 4. The van der Waals surface area contributed by atoms with Crippen LogP contribution in [0.2, 0.25) is 0 Å². The van der Waals surface area contributed by atoms with Crippen LogP contribution in [0.25, 0.3) is 10.9 Å². The molecule has 2 heterocycles. The smallest absolute Gasteiger partial charge is 0.109 e. The first-order valence-electron chi connectivity index (χ1n) is 14.3. The van der Waals surface area contributed by atoms with E-state index in [4.69, 9.17) is 0 Å². The average molecular weight is 551 g/mol. The highest BCUT2D eigenvalue weighted by Gasteiger charge is 2.27. The highest BCUT2D eigenvalue weighted by molar-refractivity contribution is 5.99. The van der Waals surface area contributed by atoms with E-state index >= 15 is 0 Å². The molecule has 5 aromatic rings. The third-order valence-corrected chi connectivity index (χ3v) is 7.38. The molecule has 3 aromatic carbocycles. The van der Waals surface area contributed by atoms with E-state index in [1.165, 1.54) is 6.20 Å². The third-order valence-electron chi connectivity index (χ3n) is 7.38. The Morgan fingerprint density at radius 1 is 0.952 bits per heavy atom. The molecule has 204 valence electrons. The van der Waals surface area contributed by atoms with Gasteiger partial charge < -0.3 is 10.6 Å². The lowest BCUT2D eigenvalue weighted by atomic mass is 9.99. The van der Waals surface area contributed by atoms with Gasteiger partial charge in [0.05, 0.1) is 59.6 Å². The van der Waals surface area contributed by atoms with Crippen molar-refractivity contribution >= 4 is 22.3 Å². The zero-order valence-corrected chi connectivity index (χ0v) is 22.9. The Morgan fingerprint density at radius 2 is 1.74 bits per heavy atom. The lowest BCUT2D eigenvalue weighted by Crippen LogP contribution is -2.14. The summed E-state index contributed by atoms with van der Waals surface area (Å²) in [6.07, 6.45) is 6.01. The maximum Gasteiger partial charge on any atom is 0.109 e. The van der Waals surface area contributed by atoms with Crippen molar-refractivity contribution < 1.29 is 1.37 Å². The first-order valence-corrected chi connectivity index (χ1v) is 13.8. The standard InChI is InChI=1S/C33H27N9/c1-2-29(22-8-4-3-5-9-22)39-32-25(18-36)19-37-31-24(17-35)14-26(15-28(31)32)38-33(23-10-6-7-21(13-23)16-34)30-20-42(41-40-30)27-11-12-27/h3-10,13-15,19-20,27,29,33,38H,2,11-12H2,1H3,(H,37,39)/i33D. The topological polar surface area (TPSA) is 139 Å². The van der Waals surface area contributed by atoms with Crippen molar-refractivity contribution in [3.63, 3.8) is 0 Å². The Labute approximate surface area is 245 Å². The van der Waals surface area contributed by atoms with Gasteiger partial charge in [-0.25, -0.2) is 4.68 Å². The SMILES string of the molecule is [2H]C(Nc1cc(C#N)c2ncc(C#N)c(NC(CC)c3ccccc3)c2c1)(c1cccc(C#N)c1)c1cn(C2CC2)nn1. The molecule has 1 aliphatic carbocycles. The van der Waals surface area contributed by atoms with E-state index in [1.54, 1.807) is 47.3 Å². The fraction of sp³-hybridized carbons (Fsp3) is 0.212. The quantitative estimate of drug-likeness (QED) is 0.211. The van der Waals surface area contributed by atoms with Crippen LogP contribution >= 0.6 is 0 Å². The molecule has 2 N–H and O–H groups in total. The van der Waals surface area contributed by atoms with Gasteiger partial charge in [-0.05, 0) is 54.7 Å². The summed E-state index contributed by atoms with van der Waals surface area (Å²) >= 11 is 0. The molecule has 2 atom stereocenters. The van der Waals surface area contributed by atoms with Crippen molar-refractivity contribution in [3.8, 4) is 18.2 Å². The Hall–Kier alpha value is -5.72. The molecule has 1 saturated carbocycles. The molecule has 2 unspecified atom stereocenters. The molecule has 0 radical (unpaired) electrons. The molecule has 2 aromatic heterocycles. The summed E-state index contributed by atoms with van der Waals surface area (Å²) in [7, 11) is 0. The second-order valence-corrected chi connectivity index (χ2v) is 10.2. The van der Waals surface area contributed by atoms with Gasteiger partial charge in [0.25, 0.3) is 0 Å². The van der Waals surface area contributed by atoms with E-state index < -0.39 is 6.02 Å². The molecule has 9 heteroatoms. The Bertz CT molecular complexity index is 1940. The lowest BCUT2D eigenvalue weighted by molar-refractivity contribution is 0.610. The van der Waals surface area contributed by atoms with Gasteiger partial charge in [0.15, 0.2) is 0 Å². The molecular weight excluding hydrogens is 522 g/mol. The maximum absolute atomic E-state index is 10.1. The number of nitriles is 3. The van der Waals surface area contributed by atoms with E-state index in [0.717, 1.165) is 24.8 Å². The zero-order chi connectivity index (χ0) is 30.0. The predicted molar refractivity (Wildman–Crippen MR) is 159 cm³/mol. The Morgan fingerprint density at radius 3 is 2.45 bits per heavy atom. The number of pyridine rings is 1. The summed E-state index contributed by atoms with van der Waals surface area (Å²) in [5.41, 5.74) is 4.40. The summed E-state index contributed by atoms with van der Waals surface area (Å²) in [5.74, 6) is 0. The molecule has 0 aliphatic heterocycles. The Balaban J connectivity index is 1.50. The van der Waals surface area contributed by atoms with Crippen molar-refractivity contribution in [1.29, 1.82) is 15.8 Å². The van der Waals surface area contributed by atoms with Gasteiger partial charge in [0, 0.05) is 17.3 Å². The van der Waals surface area contributed by atoms with Crippen molar-refractivity contribution in [2.24, 2.45) is 0 Å². The minimum atomic E-state index is -1.65. The summed E-state index contributed by atoms with van der Waals surface area (Å²) in [5, 5.41) is 45.8. The highest BCUT2D eigenvalue weighted by atomic mass is 15.4. The monoisotopic (exact) mass is 550 g/mol. The van der Waals surface area contributed by atoms with Crippen LogP contribution in [0.5, 0.6) is 0 Å². The van der Waals surface area contributed by atoms with Crippen LogP contribution < -0.4 is 10.6 Å². The van der Waals surface area contributed by atoms with Gasteiger partial charge in [-0.2, -0.15) is 15.8 Å². The summed E-state index contributed by atoms with van der Waals surface area (Å²) in [6.45, 7) is 2.06. The normalized spacial score (nSPS) is 15.0. The van der Waals surface area contributed by atoms with E-state index in [1.807, 2.05) is 30.3 Å². The summed E-state index contributed by atoms with van der Waals surface area (Å²) in [6, 6.07) is 25.4. The first-order chi connectivity index (χ1) is 21.0. The van der Waals surface area contributed by atoms with Gasteiger partial charge in [-0.1, -0.05) is 54.6 Å². The number of benzene rings is 3. The minimum absolute atomic E-state index is 0.0949. The van der Waals surface area contributed by atoms with Crippen LogP contribution in [0.3, 0.4) is 0 Å². The fourth-order valence-electron chi connectivity index (χ4n) is 5.06. The van der Waals surface area contributed by atoms with Crippen molar-refractivity contribution in [1.82, 2.24) is 20.0 Å². The molecule has 6 rings (SSSR count). The number of fused-ring (bicyclic) bond motifs is 1. The van der Waals surface area contributed by atoms with Crippen LogP contribution in [0, 0.1) is 34.0 Å². The average Bonchev–Trinajstić information content (AvgIpc) is 3.78. The van der Waals surface area contributed by atoms with Crippen LogP contribution in [0.1, 0.15) is 79.2 Å². The fourth-order valence-corrected chi connectivity index (χ4v) is 5.06. The van der Waals surface area contributed by atoms with Crippen molar-refractivity contribution in [2.75, 3.05) is 10.6 Å². The van der Waals surface area contributed by atoms with Gasteiger partial charge >= 0.3 is 0 Å². The molecule has 0 bridgehead atoms. The molecule has 9 nitrogen and oxygen atoms in total. The molecule has 42 heavy (non-hydrogen) atoms. The van der Waals surface area contributed by atoms with Gasteiger partial charge in [-0.15, -0.1) is 5.10 Å². The van der Waals surface area contributed by atoms with E-state index in [0.29, 0.717) is 44.7 Å². The lowest BCUT2D eigenvalue weighted by Gasteiger charge is -2.22. The summed E-state index contributed by atoms with van der Waals surface area (Å²) in [4.78, 5) is 4.47. The van der Waals surface area contributed by atoms with Crippen LogP contribution in [-0.4, -0.2) is 20.0 Å². The first kappa shape index (κ1) is 25.3. The molecular formula is C33H27N9. The van der Waals surface area contributed by atoms with Gasteiger partial charge in [-0.3, -0.25) is 4.98 Å². The Kier molecular flexibility index (Phi) is 6.86. The second-order valence-electron chi connectivity index (χ2n) is 10.2. The zero-order valence-electron chi connectivity index (χ0n) is 23.9. The third kappa shape index (κ3) is 5.22. The number of nitrogens with one attached hydrogen (secondary N) is 2. The molecule has 0 amide bonds. The van der Waals surface area contributed by atoms with Crippen molar-refractivity contribution in [3.05, 3.63) is 113 Å². The van der Waals surface area contributed by atoms with E-state index in [9.17, 15) is 17.2 Å². The number of hydrogen-bond acceptors (Lipinski definition) is 8. The molecule has 1 aliphatic rings. The van der Waals surface area contributed by atoms with Crippen molar-refractivity contribution in [2.45, 2.75) is 44.3 Å². The number of hydrogen-bond donors (Lipinski definition) is 2. The number of nitrogens with zero attached hydrogens (tertiary/aromatic N) is 7. The summed E-state index contributed by atoms with van der Waals surface area (Å²) < 4.78 is 11.5. The van der Waals surface area contributed by atoms with Crippen LogP contribution in [0.4, 0.5) is 11.4 Å². The van der Waals surface area contributed by atoms with E-state index in [2.05, 4.69) is 51.1 Å². The largest absolute Gasteiger partial charge is 0.377 e. The van der Waals surface area contributed by atoms with Crippen LogP contribution in [-0.2, 0) is 0 Å². The predicted octanol–water partition coefficient (Wildman–Crippen LogP) is 6.54. The molecule has 1 fully saturated rings. The second kappa shape index (κ2) is 11.4. The minimum Gasteiger partial charge on any atom is -0.377 e. The van der Waals surface area contributed by atoms with Gasteiger partial charge in [0.1, 0.15) is 17.8 Å². The van der Waals surface area contributed by atoms with Crippen LogP contribution in [0.15, 0.2) is 79.1 Å². The number of rotatable bonds is 9.